The molecular formula is C15H18N2O6S. The summed E-state index contributed by atoms with van der Waals surface area (Å²) in [5.74, 6) is 0.339. The zero-order chi connectivity index (χ0) is 17.7. The first-order chi connectivity index (χ1) is 11.4. The summed E-state index contributed by atoms with van der Waals surface area (Å²) in [7, 11) is -4.13. The summed E-state index contributed by atoms with van der Waals surface area (Å²) in [6, 6.07) is 2.24. The molecule has 1 aliphatic rings. The summed E-state index contributed by atoms with van der Waals surface area (Å²) >= 11 is 0. The van der Waals surface area contributed by atoms with E-state index >= 15 is 0 Å². The van der Waals surface area contributed by atoms with Crippen LogP contribution in [0, 0.1) is 10.1 Å². The summed E-state index contributed by atoms with van der Waals surface area (Å²) in [5, 5.41) is 11.4. The number of fused-ring (bicyclic) bond motifs is 1. The minimum Gasteiger partial charge on any atom is -0.490 e. The number of hydrogen-bond donors (Lipinski definition) is 0. The van der Waals surface area contributed by atoms with Crippen LogP contribution in [0.3, 0.4) is 0 Å². The summed E-state index contributed by atoms with van der Waals surface area (Å²) in [6.07, 6.45) is 3.40. The number of hydrogen-bond acceptors (Lipinski definition) is 6. The van der Waals surface area contributed by atoms with E-state index in [1.165, 1.54) is 12.2 Å². The first-order valence-corrected chi connectivity index (χ1v) is 8.65. The highest BCUT2D eigenvalue weighted by Gasteiger charge is 2.33. The van der Waals surface area contributed by atoms with Gasteiger partial charge in [-0.15, -0.1) is 13.2 Å². The highest BCUT2D eigenvalue weighted by molar-refractivity contribution is 7.89. The van der Waals surface area contributed by atoms with E-state index in [2.05, 4.69) is 13.2 Å². The van der Waals surface area contributed by atoms with Gasteiger partial charge >= 0.3 is 0 Å². The highest BCUT2D eigenvalue weighted by atomic mass is 32.2. The molecule has 24 heavy (non-hydrogen) atoms. The molecule has 0 saturated carbocycles. The fourth-order valence-corrected chi connectivity index (χ4v) is 3.76. The van der Waals surface area contributed by atoms with Gasteiger partial charge in [-0.2, -0.15) is 4.31 Å². The van der Waals surface area contributed by atoms with Gasteiger partial charge in [0, 0.05) is 25.6 Å². The number of ether oxygens (including phenoxy) is 2. The van der Waals surface area contributed by atoms with Gasteiger partial charge in [0.2, 0.25) is 0 Å². The number of nitro benzene ring substituents is 1. The van der Waals surface area contributed by atoms with E-state index in [9.17, 15) is 18.5 Å². The Balaban J connectivity index is 2.62. The van der Waals surface area contributed by atoms with E-state index in [4.69, 9.17) is 9.47 Å². The molecular weight excluding hydrogens is 336 g/mol. The minimum atomic E-state index is -4.13. The summed E-state index contributed by atoms with van der Waals surface area (Å²) in [4.78, 5) is 10.2. The van der Waals surface area contributed by atoms with Gasteiger partial charge in [0.15, 0.2) is 16.4 Å². The standard InChI is InChI=1S/C15H18N2O6S/c1-3-6-16(7-4-2)24(20,21)15-11-14-13(10-12(15)17(18)19)22-8-5-9-23-14/h3-4,10-11H,1-2,5-9H2. The van der Waals surface area contributed by atoms with Crippen LogP contribution in [0.1, 0.15) is 6.42 Å². The van der Waals surface area contributed by atoms with Crippen LogP contribution in [-0.2, 0) is 10.0 Å². The maximum absolute atomic E-state index is 12.8. The zero-order valence-corrected chi connectivity index (χ0v) is 13.8. The first kappa shape index (κ1) is 18.0. The molecule has 0 N–H and O–H groups in total. The van der Waals surface area contributed by atoms with Gasteiger partial charge in [-0.25, -0.2) is 8.42 Å². The Labute approximate surface area is 140 Å². The predicted molar refractivity (Wildman–Crippen MR) is 87.9 cm³/mol. The van der Waals surface area contributed by atoms with E-state index < -0.39 is 25.5 Å². The monoisotopic (exact) mass is 354 g/mol. The molecule has 0 radical (unpaired) electrons. The third kappa shape index (κ3) is 3.57. The van der Waals surface area contributed by atoms with Crippen LogP contribution in [0.2, 0.25) is 0 Å². The fourth-order valence-electron chi connectivity index (χ4n) is 2.23. The third-order valence-electron chi connectivity index (χ3n) is 3.31. The minimum absolute atomic E-state index is 0.0000501. The van der Waals surface area contributed by atoms with E-state index in [0.29, 0.717) is 19.6 Å². The lowest BCUT2D eigenvalue weighted by Crippen LogP contribution is -2.31. The Morgan fingerprint density at radius 2 is 1.71 bits per heavy atom. The molecule has 0 saturated heterocycles. The smallest absolute Gasteiger partial charge is 0.293 e. The molecule has 8 nitrogen and oxygen atoms in total. The van der Waals surface area contributed by atoms with Crippen molar-refractivity contribution in [3.63, 3.8) is 0 Å². The van der Waals surface area contributed by atoms with E-state index in [1.807, 2.05) is 0 Å². The largest absolute Gasteiger partial charge is 0.490 e. The van der Waals surface area contributed by atoms with Crippen LogP contribution >= 0.6 is 0 Å². The van der Waals surface area contributed by atoms with Gasteiger partial charge in [-0.05, 0) is 0 Å². The van der Waals surface area contributed by atoms with E-state index in [-0.39, 0.29) is 24.6 Å². The molecule has 1 heterocycles. The molecule has 9 heteroatoms. The fraction of sp³-hybridized carbons (Fsp3) is 0.333. The molecule has 0 unspecified atom stereocenters. The van der Waals surface area contributed by atoms with Gasteiger partial charge in [-0.1, -0.05) is 12.2 Å². The Morgan fingerprint density at radius 1 is 1.17 bits per heavy atom. The van der Waals surface area contributed by atoms with Crippen LogP contribution in [0.4, 0.5) is 5.69 Å². The van der Waals surface area contributed by atoms with Crippen molar-refractivity contribution in [3.05, 3.63) is 47.6 Å². The van der Waals surface area contributed by atoms with Crippen molar-refractivity contribution >= 4 is 15.7 Å². The van der Waals surface area contributed by atoms with Crippen LogP contribution < -0.4 is 9.47 Å². The molecule has 2 rings (SSSR count). The van der Waals surface area contributed by atoms with Crippen molar-refractivity contribution in [1.29, 1.82) is 0 Å². The molecule has 0 bridgehead atoms. The van der Waals surface area contributed by atoms with Crippen LogP contribution in [0.15, 0.2) is 42.3 Å². The van der Waals surface area contributed by atoms with Gasteiger partial charge in [0.1, 0.15) is 0 Å². The normalized spacial score (nSPS) is 14.0. The quantitative estimate of drug-likeness (QED) is 0.422. The molecule has 1 aromatic rings. The molecule has 0 atom stereocenters. The van der Waals surface area contributed by atoms with Gasteiger partial charge in [0.25, 0.3) is 15.7 Å². The molecule has 0 amide bonds. The second-order valence-electron chi connectivity index (χ2n) is 4.97. The average molecular weight is 354 g/mol. The number of nitro groups is 1. The molecule has 1 aromatic carbocycles. The predicted octanol–water partition coefficient (Wildman–Crippen LogP) is 2.12. The van der Waals surface area contributed by atoms with Gasteiger partial charge < -0.3 is 9.47 Å². The number of rotatable bonds is 7. The maximum atomic E-state index is 12.8. The second-order valence-corrected chi connectivity index (χ2v) is 6.88. The lowest BCUT2D eigenvalue weighted by atomic mass is 10.3. The highest BCUT2D eigenvalue weighted by Crippen LogP contribution is 2.39. The van der Waals surface area contributed by atoms with Crippen molar-refractivity contribution in [3.8, 4) is 11.5 Å². The van der Waals surface area contributed by atoms with Crippen molar-refractivity contribution in [2.75, 3.05) is 26.3 Å². The molecule has 0 aromatic heterocycles. The Hall–Kier alpha value is -2.39. The second kappa shape index (κ2) is 7.45. The van der Waals surface area contributed by atoms with Crippen molar-refractivity contribution in [1.82, 2.24) is 4.31 Å². The number of benzene rings is 1. The molecule has 1 aliphatic heterocycles. The topological polar surface area (TPSA) is 99.0 Å². The summed E-state index contributed by atoms with van der Waals surface area (Å²) in [6.45, 7) is 7.71. The Kier molecular flexibility index (Phi) is 5.58. The summed E-state index contributed by atoms with van der Waals surface area (Å²) in [5.41, 5.74) is -0.558. The Bertz CT molecular complexity index is 749. The van der Waals surface area contributed by atoms with Crippen LogP contribution in [-0.4, -0.2) is 43.9 Å². The van der Waals surface area contributed by atoms with Crippen LogP contribution in [0.5, 0.6) is 11.5 Å². The molecule has 0 fully saturated rings. The van der Waals surface area contributed by atoms with Crippen molar-refractivity contribution in [2.24, 2.45) is 0 Å². The average Bonchev–Trinajstić information content (AvgIpc) is 2.78. The van der Waals surface area contributed by atoms with Crippen molar-refractivity contribution < 1.29 is 22.8 Å². The van der Waals surface area contributed by atoms with Crippen molar-refractivity contribution in [2.45, 2.75) is 11.3 Å². The number of nitrogens with zero attached hydrogens (tertiary/aromatic N) is 2. The summed E-state index contributed by atoms with van der Waals surface area (Å²) < 4.78 is 37.6. The van der Waals surface area contributed by atoms with Crippen LogP contribution in [0.25, 0.3) is 0 Å². The SMILES string of the molecule is C=CCN(CC=C)S(=O)(=O)c1cc2c(cc1[N+](=O)[O-])OCCCO2. The molecule has 0 aliphatic carbocycles. The first-order valence-electron chi connectivity index (χ1n) is 7.21. The Morgan fingerprint density at radius 3 is 2.21 bits per heavy atom. The lowest BCUT2D eigenvalue weighted by molar-refractivity contribution is -0.388. The van der Waals surface area contributed by atoms with E-state index in [1.54, 1.807) is 0 Å². The lowest BCUT2D eigenvalue weighted by Gasteiger charge is -2.19. The number of sulfonamides is 1. The van der Waals surface area contributed by atoms with Gasteiger partial charge in [0.05, 0.1) is 24.2 Å². The zero-order valence-electron chi connectivity index (χ0n) is 13.0. The molecule has 130 valence electrons. The molecule has 0 spiro atoms. The van der Waals surface area contributed by atoms with Gasteiger partial charge in [-0.3, -0.25) is 10.1 Å². The third-order valence-corrected chi connectivity index (χ3v) is 5.17. The van der Waals surface area contributed by atoms with E-state index in [0.717, 1.165) is 16.4 Å². The maximum Gasteiger partial charge on any atom is 0.293 e.